The van der Waals surface area contributed by atoms with Crippen molar-refractivity contribution in [3.05, 3.63) is 40.4 Å². The lowest BCUT2D eigenvalue weighted by Crippen LogP contribution is -2.10. The lowest BCUT2D eigenvalue weighted by molar-refractivity contribution is 0.0976. The van der Waals surface area contributed by atoms with Crippen molar-refractivity contribution in [3.63, 3.8) is 0 Å². The van der Waals surface area contributed by atoms with Gasteiger partial charge in [0.05, 0.1) is 10.6 Å². The summed E-state index contributed by atoms with van der Waals surface area (Å²) >= 11 is 1.52. The number of nitrogens with zero attached hydrogens (tertiary/aromatic N) is 2. The van der Waals surface area contributed by atoms with Crippen molar-refractivity contribution in [2.45, 2.75) is 26.2 Å². The molecule has 1 aliphatic carbocycles. The van der Waals surface area contributed by atoms with Crippen LogP contribution in [0.5, 0.6) is 0 Å². The molecule has 0 bridgehead atoms. The number of hydrogen-bond acceptors (Lipinski definition) is 4. The molecule has 1 aromatic heterocycles. The van der Waals surface area contributed by atoms with Crippen molar-refractivity contribution < 1.29 is 4.79 Å². The van der Waals surface area contributed by atoms with E-state index in [4.69, 9.17) is 0 Å². The second-order valence-electron chi connectivity index (χ2n) is 4.89. The maximum absolute atomic E-state index is 11.9. The van der Waals surface area contributed by atoms with Crippen LogP contribution in [0.4, 0.5) is 10.8 Å². The third kappa shape index (κ3) is 2.16. The zero-order valence-electron chi connectivity index (χ0n) is 11.1. The van der Waals surface area contributed by atoms with Gasteiger partial charge in [-0.2, -0.15) is 0 Å². The molecule has 0 spiro atoms. The molecular weight excluding hydrogens is 256 g/mol. The van der Waals surface area contributed by atoms with Crippen LogP contribution in [0.15, 0.2) is 24.3 Å². The number of carbonyl (C=O) groups is 1. The molecule has 0 atom stereocenters. The zero-order chi connectivity index (χ0) is 13.4. The van der Waals surface area contributed by atoms with E-state index in [1.165, 1.54) is 16.9 Å². The second kappa shape index (κ2) is 4.78. The molecule has 1 aromatic carbocycles. The standard InChI is InChI=1S/C15H16N2OS/c1-10-6-3-4-8-12(10)17(2)15-16-11-7-5-9-13(18)14(11)19-15/h3-4,6,8H,5,7,9H2,1-2H3. The number of aryl methyl sites for hydroxylation is 2. The first-order valence-electron chi connectivity index (χ1n) is 6.49. The van der Waals surface area contributed by atoms with Crippen molar-refractivity contribution in [1.29, 1.82) is 0 Å². The average Bonchev–Trinajstić information content (AvgIpc) is 2.84. The minimum atomic E-state index is 0.253. The molecule has 0 unspecified atom stereocenters. The number of rotatable bonds is 2. The molecule has 0 aliphatic heterocycles. The normalized spacial score (nSPS) is 14.3. The van der Waals surface area contributed by atoms with Crippen LogP contribution in [0.3, 0.4) is 0 Å². The van der Waals surface area contributed by atoms with Crippen LogP contribution in [0.2, 0.25) is 0 Å². The van der Waals surface area contributed by atoms with E-state index in [9.17, 15) is 4.79 Å². The summed E-state index contributed by atoms with van der Waals surface area (Å²) in [6.45, 7) is 2.09. The van der Waals surface area contributed by atoms with E-state index in [2.05, 4.69) is 28.9 Å². The van der Waals surface area contributed by atoms with Gasteiger partial charge in [-0.3, -0.25) is 4.79 Å². The van der Waals surface area contributed by atoms with E-state index in [-0.39, 0.29) is 5.78 Å². The summed E-state index contributed by atoms with van der Waals surface area (Å²) < 4.78 is 0. The number of thiazole rings is 1. The highest BCUT2D eigenvalue weighted by Gasteiger charge is 2.23. The van der Waals surface area contributed by atoms with Crippen LogP contribution in [-0.4, -0.2) is 17.8 Å². The molecule has 0 saturated heterocycles. The van der Waals surface area contributed by atoms with E-state index in [0.717, 1.165) is 34.2 Å². The summed E-state index contributed by atoms with van der Waals surface area (Å²) in [5.74, 6) is 0.253. The van der Waals surface area contributed by atoms with Crippen molar-refractivity contribution in [2.75, 3.05) is 11.9 Å². The Labute approximate surface area is 116 Å². The van der Waals surface area contributed by atoms with E-state index < -0.39 is 0 Å². The number of benzene rings is 1. The van der Waals surface area contributed by atoms with Gasteiger partial charge >= 0.3 is 0 Å². The lowest BCUT2D eigenvalue weighted by atomic mass is 10.0. The van der Waals surface area contributed by atoms with Crippen LogP contribution in [-0.2, 0) is 6.42 Å². The Bertz CT molecular complexity index is 633. The average molecular weight is 272 g/mol. The minimum absolute atomic E-state index is 0.253. The molecule has 3 nitrogen and oxygen atoms in total. The first kappa shape index (κ1) is 12.4. The van der Waals surface area contributed by atoms with Gasteiger partial charge in [-0.25, -0.2) is 4.98 Å². The third-order valence-electron chi connectivity index (χ3n) is 3.52. The van der Waals surface area contributed by atoms with Crippen molar-refractivity contribution in [1.82, 2.24) is 4.98 Å². The van der Waals surface area contributed by atoms with Gasteiger partial charge in [0.2, 0.25) is 0 Å². The van der Waals surface area contributed by atoms with Crippen molar-refractivity contribution in [3.8, 4) is 0 Å². The lowest BCUT2D eigenvalue weighted by Gasteiger charge is -2.18. The Morgan fingerprint density at radius 3 is 2.79 bits per heavy atom. The molecule has 1 heterocycles. The zero-order valence-corrected chi connectivity index (χ0v) is 12.0. The molecular formula is C15H16N2OS. The second-order valence-corrected chi connectivity index (χ2v) is 5.87. The van der Waals surface area contributed by atoms with Crippen LogP contribution in [0.25, 0.3) is 0 Å². The van der Waals surface area contributed by atoms with Crippen LogP contribution in [0.1, 0.15) is 33.8 Å². The molecule has 4 heteroatoms. The third-order valence-corrected chi connectivity index (χ3v) is 4.74. The van der Waals surface area contributed by atoms with Gasteiger partial charge in [-0.1, -0.05) is 29.5 Å². The van der Waals surface area contributed by atoms with E-state index >= 15 is 0 Å². The maximum Gasteiger partial charge on any atom is 0.190 e. The monoisotopic (exact) mass is 272 g/mol. The topological polar surface area (TPSA) is 33.2 Å². The highest BCUT2D eigenvalue weighted by molar-refractivity contribution is 7.17. The number of Topliss-reactive ketones (excluding diaryl/α,β-unsaturated/α-hetero) is 1. The summed E-state index contributed by atoms with van der Waals surface area (Å²) in [5, 5.41) is 0.912. The highest BCUT2D eigenvalue weighted by Crippen LogP contribution is 2.35. The number of fused-ring (bicyclic) bond motifs is 1. The van der Waals surface area contributed by atoms with E-state index in [0.29, 0.717) is 6.42 Å². The van der Waals surface area contributed by atoms with Crippen LogP contribution in [0, 0.1) is 6.92 Å². The number of ketones is 1. The number of para-hydroxylation sites is 1. The number of aromatic nitrogens is 1. The predicted octanol–water partition coefficient (Wildman–Crippen LogP) is 3.74. The molecule has 98 valence electrons. The summed E-state index contributed by atoms with van der Waals surface area (Å²) in [5.41, 5.74) is 3.34. The van der Waals surface area contributed by atoms with E-state index in [1.807, 2.05) is 19.2 Å². The Morgan fingerprint density at radius 1 is 1.26 bits per heavy atom. The number of carbonyl (C=O) groups excluding carboxylic acids is 1. The first-order valence-corrected chi connectivity index (χ1v) is 7.30. The smallest absolute Gasteiger partial charge is 0.190 e. The first-order chi connectivity index (χ1) is 9.16. The van der Waals surface area contributed by atoms with E-state index in [1.54, 1.807) is 0 Å². The molecule has 0 fully saturated rings. The summed E-state index contributed by atoms with van der Waals surface area (Å²) in [4.78, 5) is 19.5. The quantitative estimate of drug-likeness (QED) is 0.835. The summed E-state index contributed by atoms with van der Waals surface area (Å²) in [6, 6.07) is 8.22. The maximum atomic E-state index is 11.9. The van der Waals surface area contributed by atoms with Gasteiger partial charge in [0.15, 0.2) is 10.9 Å². The molecule has 3 rings (SSSR count). The SMILES string of the molecule is Cc1ccccc1N(C)c1nc2c(s1)C(=O)CCC2. The molecule has 2 aromatic rings. The Balaban J connectivity index is 1.99. The Hall–Kier alpha value is -1.68. The van der Waals surface area contributed by atoms with Gasteiger partial charge < -0.3 is 4.90 Å². The Kier molecular flexibility index (Phi) is 3.11. The van der Waals surface area contributed by atoms with Gasteiger partial charge in [0, 0.05) is 19.2 Å². The molecule has 0 radical (unpaired) electrons. The molecule has 0 saturated carbocycles. The molecule has 0 amide bonds. The summed E-state index contributed by atoms with van der Waals surface area (Å²) in [7, 11) is 2.01. The predicted molar refractivity (Wildman–Crippen MR) is 78.6 cm³/mol. The fraction of sp³-hybridized carbons (Fsp3) is 0.333. The number of hydrogen-bond donors (Lipinski definition) is 0. The highest BCUT2D eigenvalue weighted by atomic mass is 32.1. The Morgan fingerprint density at radius 2 is 2.05 bits per heavy atom. The van der Waals surface area contributed by atoms with Crippen LogP contribution >= 0.6 is 11.3 Å². The van der Waals surface area contributed by atoms with Gasteiger partial charge in [0.25, 0.3) is 0 Å². The van der Waals surface area contributed by atoms with Gasteiger partial charge in [0.1, 0.15) is 0 Å². The van der Waals surface area contributed by atoms with Crippen molar-refractivity contribution >= 4 is 27.9 Å². The fourth-order valence-electron chi connectivity index (χ4n) is 2.44. The largest absolute Gasteiger partial charge is 0.321 e. The molecule has 19 heavy (non-hydrogen) atoms. The van der Waals surface area contributed by atoms with Gasteiger partial charge in [-0.15, -0.1) is 0 Å². The fourth-order valence-corrected chi connectivity index (χ4v) is 3.50. The molecule has 1 aliphatic rings. The number of anilines is 2. The van der Waals surface area contributed by atoms with Gasteiger partial charge in [-0.05, 0) is 31.4 Å². The van der Waals surface area contributed by atoms with Crippen LogP contribution < -0.4 is 4.90 Å². The summed E-state index contributed by atoms with van der Waals surface area (Å²) in [6.07, 6.45) is 2.53. The van der Waals surface area contributed by atoms with Crippen molar-refractivity contribution in [2.24, 2.45) is 0 Å². The molecule has 0 N–H and O–H groups in total. The minimum Gasteiger partial charge on any atom is -0.321 e.